The van der Waals surface area contributed by atoms with Crippen molar-refractivity contribution in [2.75, 3.05) is 18.1 Å². The monoisotopic (exact) mass is 287 g/mol. The first kappa shape index (κ1) is 14.4. The normalized spacial score (nSPS) is 20.7. The number of carbonyl (C=O) groups excluding carboxylic acids is 1. The molecule has 1 aromatic carbocycles. The molecular formula is C18H25NO2. The molecule has 0 atom stereocenters. The molecule has 1 amide bonds. The van der Waals surface area contributed by atoms with Crippen LogP contribution in [0.2, 0.25) is 0 Å². The second-order valence-electron chi connectivity index (χ2n) is 6.20. The molecule has 1 heterocycles. The lowest BCUT2D eigenvalue weighted by Gasteiger charge is -2.27. The summed E-state index contributed by atoms with van der Waals surface area (Å²) < 4.78 is 5.77. The molecule has 3 rings (SSSR count). The third kappa shape index (κ3) is 3.39. The predicted octanol–water partition coefficient (Wildman–Crippen LogP) is 4.16. The molecule has 0 unspecified atom stereocenters. The Bertz CT molecular complexity index is 478. The number of anilines is 1. The zero-order chi connectivity index (χ0) is 14.5. The topological polar surface area (TPSA) is 29.5 Å². The van der Waals surface area contributed by atoms with Crippen LogP contribution in [0, 0.1) is 5.92 Å². The van der Waals surface area contributed by atoms with E-state index in [1.54, 1.807) is 0 Å². The van der Waals surface area contributed by atoms with Crippen molar-refractivity contribution >= 4 is 11.6 Å². The highest BCUT2D eigenvalue weighted by atomic mass is 16.5. The van der Waals surface area contributed by atoms with Crippen LogP contribution < -0.4 is 9.64 Å². The maximum absolute atomic E-state index is 13.0. The van der Waals surface area contributed by atoms with Crippen LogP contribution in [0.1, 0.15) is 51.4 Å². The Labute approximate surface area is 127 Å². The van der Waals surface area contributed by atoms with Crippen molar-refractivity contribution in [3.05, 3.63) is 24.3 Å². The van der Waals surface area contributed by atoms with Gasteiger partial charge in [0.25, 0.3) is 0 Å². The van der Waals surface area contributed by atoms with Crippen LogP contribution in [0.25, 0.3) is 0 Å². The van der Waals surface area contributed by atoms with Crippen LogP contribution in [-0.4, -0.2) is 19.1 Å². The van der Waals surface area contributed by atoms with Gasteiger partial charge >= 0.3 is 0 Å². The van der Waals surface area contributed by atoms with E-state index in [0.717, 1.165) is 37.2 Å². The highest BCUT2D eigenvalue weighted by Crippen LogP contribution is 2.33. The number of fused-ring (bicyclic) bond motifs is 1. The van der Waals surface area contributed by atoms with Crippen molar-refractivity contribution in [1.29, 1.82) is 0 Å². The van der Waals surface area contributed by atoms with Crippen LogP contribution >= 0.6 is 0 Å². The zero-order valence-corrected chi connectivity index (χ0v) is 12.7. The average Bonchev–Trinajstić information content (AvgIpc) is 2.68. The Morgan fingerprint density at radius 2 is 1.71 bits per heavy atom. The van der Waals surface area contributed by atoms with Gasteiger partial charge in [-0.05, 0) is 31.4 Å². The lowest BCUT2D eigenvalue weighted by Crippen LogP contribution is -2.37. The van der Waals surface area contributed by atoms with Gasteiger partial charge in [0.15, 0.2) is 0 Å². The second kappa shape index (κ2) is 6.97. The van der Waals surface area contributed by atoms with Crippen LogP contribution in [-0.2, 0) is 4.79 Å². The minimum absolute atomic E-state index is 0.205. The van der Waals surface area contributed by atoms with Crippen LogP contribution in [0.3, 0.4) is 0 Å². The number of para-hydroxylation sites is 2. The maximum atomic E-state index is 13.0. The number of amides is 1. The fraction of sp³-hybridized carbons (Fsp3) is 0.611. The minimum Gasteiger partial charge on any atom is -0.491 e. The third-order valence-corrected chi connectivity index (χ3v) is 4.66. The Hall–Kier alpha value is -1.51. The van der Waals surface area contributed by atoms with Crippen molar-refractivity contribution < 1.29 is 9.53 Å². The molecule has 3 heteroatoms. The Morgan fingerprint density at radius 3 is 2.52 bits per heavy atom. The summed E-state index contributed by atoms with van der Waals surface area (Å²) in [6.45, 7) is 1.48. The van der Waals surface area contributed by atoms with Crippen LogP contribution in [0.15, 0.2) is 24.3 Å². The zero-order valence-electron chi connectivity index (χ0n) is 12.7. The molecule has 21 heavy (non-hydrogen) atoms. The largest absolute Gasteiger partial charge is 0.491 e. The Kier molecular flexibility index (Phi) is 4.79. The summed E-state index contributed by atoms with van der Waals surface area (Å²) in [6.07, 6.45) is 9.31. The van der Waals surface area contributed by atoms with Gasteiger partial charge in [0.05, 0.1) is 12.3 Å². The smallest absolute Gasteiger partial charge is 0.230 e. The van der Waals surface area contributed by atoms with Crippen molar-refractivity contribution in [1.82, 2.24) is 0 Å². The van der Waals surface area contributed by atoms with Gasteiger partial charge in [-0.3, -0.25) is 4.79 Å². The standard InChI is InChI=1S/C18H25NO2/c20-18(15-9-4-2-1-3-5-10-15)19-13-8-14-21-17-12-7-6-11-16(17)19/h6-7,11-12,15H,1-5,8-10,13-14H2. The fourth-order valence-electron chi connectivity index (χ4n) is 3.48. The molecule has 0 N–H and O–H groups in total. The predicted molar refractivity (Wildman–Crippen MR) is 84.7 cm³/mol. The van der Waals surface area contributed by atoms with Gasteiger partial charge in [-0.1, -0.05) is 44.2 Å². The lowest BCUT2D eigenvalue weighted by molar-refractivity contribution is -0.123. The van der Waals surface area contributed by atoms with Gasteiger partial charge in [0.2, 0.25) is 5.91 Å². The number of hydrogen-bond donors (Lipinski definition) is 0. The van der Waals surface area contributed by atoms with E-state index in [1.807, 2.05) is 29.2 Å². The van der Waals surface area contributed by atoms with Crippen molar-refractivity contribution in [3.63, 3.8) is 0 Å². The van der Waals surface area contributed by atoms with Gasteiger partial charge in [0.1, 0.15) is 5.75 Å². The lowest BCUT2D eigenvalue weighted by atomic mass is 9.90. The average molecular weight is 287 g/mol. The number of ether oxygens (including phenoxy) is 1. The number of benzene rings is 1. The summed E-state index contributed by atoms with van der Waals surface area (Å²) in [5.41, 5.74) is 0.960. The molecule has 2 aliphatic rings. The van der Waals surface area contributed by atoms with E-state index in [0.29, 0.717) is 12.5 Å². The molecule has 1 aliphatic heterocycles. The molecule has 114 valence electrons. The summed E-state index contributed by atoms with van der Waals surface area (Å²) in [7, 11) is 0. The molecule has 0 spiro atoms. The van der Waals surface area contributed by atoms with E-state index >= 15 is 0 Å². The van der Waals surface area contributed by atoms with Crippen LogP contribution in [0.5, 0.6) is 5.75 Å². The molecule has 1 fully saturated rings. The van der Waals surface area contributed by atoms with E-state index in [9.17, 15) is 4.79 Å². The number of hydrogen-bond acceptors (Lipinski definition) is 2. The first-order chi connectivity index (χ1) is 10.4. The highest BCUT2D eigenvalue weighted by Gasteiger charge is 2.28. The van der Waals surface area contributed by atoms with Gasteiger partial charge < -0.3 is 9.64 Å². The number of carbonyl (C=O) groups is 1. The van der Waals surface area contributed by atoms with Gasteiger partial charge in [-0.15, -0.1) is 0 Å². The summed E-state index contributed by atoms with van der Waals surface area (Å²) in [5, 5.41) is 0. The quantitative estimate of drug-likeness (QED) is 0.776. The van der Waals surface area contributed by atoms with E-state index in [2.05, 4.69) is 0 Å². The SMILES string of the molecule is O=C(C1CCCCCCC1)N1CCCOc2ccccc21. The number of nitrogens with zero attached hydrogens (tertiary/aromatic N) is 1. The second-order valence-corrected chi connectivity index (χ2v) is 6.20. The molecule has 0 aromatic heterocycles. The van der Waals surface area contributed by atoms with Crippen molar-refractivity contribution in [2.45, 2.75) is 51.4 Å². The minimum atomic E-state index is 0.205. The Morgan fingerprint density at radius 1 is 1.00 bits per heavy atom. The third-order valence-electron chi connectivity index (χ3n) is 4.66. The molecule has 0 bridgehead atoms. The van der Waals surface area contributed by atoms with E-state index in [1.165, 1.54) is 32.1 Å². The van der Waals surface area contributed by atoms with E-state index < -0.39 is 0 Å². The molecule has 0 saturated heterocycles. The fourth-order valence-corrected chi connectivity index (χ4v) is 3.48. The Balaban J connectivity index is 1.79. The van der Waals surface area contributed by atoms with Crippen molar-refractivity contribution in [3.8, 4) is 5.75 Å². The molecule has 1 saturated carbocycles. The molecule has 1 aromatic rings. The summed E-state index contributed by atoms with van der Waals surface area (Å²) >= 11 is 0. The van der Waals surface area contributed by atoms with Crippen LogP contribution in [0.4, 0.5) is 5.69 Å². The molecule has 1 aliphatic carbocycles. The number of rotatable bonds is 1. The molecule has 0 radical (unpaired) electrons. The molecular weight excluding hydrogens is 262 g/mol. The summed E-state index contributed by atoms with van der Waals surface area (Å²) in [4.78, 5) is 15.0. The maximum Gasteiger partial charge on any atom is 0.230 e. The molecule has 3 nitrogen and oxygen atoms in total. The van der Waals surface area contributed by atoms with Gasteiger partial charge in [-0.25, -0.2) is 0 Å². The van der Waals surface area contributed by atoms with Gasteiger partial charge in [0, 0.05) is 12.5 Å². The first-order valence-electron chi connectivity index (χ1n) is 8.39. The van der Waals surface area contributed by atoms with Crippen molar-refractivity contribution in [2.24, 2.45) is 5.92 Å². The summed E-state index contributed by atoms with van der Waals surface area (Å²) in [5.74, 6) is 1.38. The van der Waals surface area contributed by atoms with E-state index in [-0.39, 0.29) is 5.92 Å². The first-order valence-corrected chi connectivity index (χ1v) is 8.39. The van der Waals surface area contributed by atoms with Gasteiger partial charge in [-0.2, -0.15) is 0 Å². The van der Waals surface area contributed by atoms with E-state index in [4.69, 9.17) is 4.74 Å². The highest BCUT2D eigenvalue weighted by molar-refractivity contribution is 5.96. The summed E-state index contributed by atoms with van der Waals surface area (Å²) in [6, 6.07) is 7.95.